The number of hydrogen-bond acceptors (Lipinski definition) is 5. The molecule has 0 spiro atoms. The number of anilines is 1. The standard InChI is InChI=1S/C16H18ClN7O/c1-9(25)24-7-10(8-24)21-15-12-5-19-14(17)4-11(12)13(6-20-15)16(2,3)22-23-18/h4-6,10H,7-8H2,1-3H3,(H,20,21). The molecule has 1 fully saturated rings. The van der Waals surface area contributed by atoms with Crippen LogP contribution in [0.15, 0.2) is 23.6 Å². The Morgan fingerprint density at radius 1 is 1.40 bits per heavy atom. The van der Waals surface area contributed by atoms with Crippen molar-refractivity contribution in [1.29, 1.82) is 0 Å². The van der Waals surface area contributed by atoms with E-state index >= 15 is 0 Å². The first-order chi connectivity index (χ1) is 11.8. The number of nitrogens with zero attached hydrogens (tertiary/aromatic N) is 6. The summed E-state index contributed by atoms with van der Waals surface area (Å²) < 4.78 is 0. The Kier molecular flexibility index (Phi) is 4.41. The van der Waals surface area contributed by atoms with E-state index in [1.165, 1.54) is 0 Å². The molecule has 1 amide bonds. The van der Waals surface area contributed by atoms with Gasteiger partial charge in [-0.3, -0.25) is 4.79 Å². The van der Waals surface area contributed by atoms with Crippen molar-refractivity contribution in [2.24, 2.45) is 5.11 Å². The molecule has 0 saturated carbocycles. The smallest absolute Gasteiger partial charge is 0.219 e. The van der Waals surface area contributed by atoms with Gasteiger partial charge in [-0.05, 0) is 22.5 Å². The molecule has 3 rings (SSSR count). The minimum atomic E-state index is -0.773. The molecule has 0 aliphatic carbocycles. The van der Waals surface area contributed by atoms with Crippen LogP contribution in [-0.4, -0.2) is 39.9 Å². The van der Waals surface area contributed by atoms with Crippen LogP contribution in [0, 0.1) is 0 Å². The number of pyridine rings is 2. The Morgan fingerprint density at radius 3 is 2.76 bits per heavy atom. The van der Waals surface area contributed by atoms with E-state index in [-0.39, 0.29) is 11.9 Å². The summed E-state index contributed by atoms with van der Waals surface area (Å²) in [5.41, 5.74) is 8.83. The highest BCUT2D eigenvalue weighted by atomic mass is 35.5. The van der Waals surface area contributed by atoms with Crippen molar-refractivity contribution in [1.82, 2.24) is 14.9 Å². The number of fused-ring (bicyclic) bond motifs is 1. The van der Waals surface area contributed by atoms with Crippen LogP contribution in [0.5, 0.6) is 0 Å². The zero-order chi connectivity index (χ0) is 18.2. The molecule has 130 valence electrons. The molecular formula is C16H18ClN7O. The van der Waals surface area contributed by atoms with Crippen LogP contribution in [0.1, 0.15) is 26.3 Å². The lowest BCUT2D eigenvalue weighted by atomic mass is 9.92. The summed E-state index contributed by atoms with van der Waals surface area (Å²) >= 11 is 6.07. The fraction of sp³-hybridized carbons (Fsp3) is 0.438. The summed E-state index contributed by atoms with van der Waals surface area (Å²) in [5.74, 6) is 0.739. The van der Waals surface area contributed by atoms with Crippen LogP contribution in [0.3, 0.4) is 0 Å². The van der Waals surface area contributed by atoms with Crippen LogP contribution in [0.25, 0.3) is 21.2 Å². The second kappa shape index (κ2) is 6.38. The molecule has 0 unspecified atom stereocenters. The SMILES string of the molecule is CC(=O)N1CC(Nc2ncc(C(C)(C)N=[N+]=[N-])c3cc(Cl)ncc23)C1. The van der Waals surface area contributed by atoms with Crippen molar-refractivity contribution in [3.8, 4) is 0 Å². The largest absolute Gasteiger partial charge is 0.363 e. The summed E-state index contributed by atoms with van der Waals surface area (Å²) in [6.45, 7) is 6.49. The maximum Gasteiger partial charge on any atom is 0.219 e. The number of hydrogen-bond donors (Lipinski definition) is 1. The van der Waals surface area contributed by atoms with E-state index in [0.29, 0.717) is 24.1 Å². The van der Waals surface area contributed by atoms with Gasteiger partial charge in [-0.25, -0.2) is 9.97 Å². The number of carbonyl (C=O) groups excluding carboxylic acids is 1. The minimum Gasteiger partial charge on any atom is -0.363 e. The predicted octanol–water partition coefficient (Wildman–Crippen LogP) is 3.47. The number of rotatable bonds is 4. The maximum absolute atomic E-state index is 11.3. The van der Waals surface area contributed by atoms with E-state index in [1.54, 1.807) is 30.3 Å². The third-order valence-electron chi connectivity index (χ3n) is 4.36. The molecule has 25 heavy (non-hydrogen) atoms. The first-order valence-corrected chi connectivity index (χ1v) is 8.22. The van der Waals surface area contributed by atoms with Crippen LogP contribution >= 0.6 is 11.6 Å². The lowest BCUT2D eigenvalue weighted by Crippen LogP contribution is -2.56. The lowest BCUT2D eigenvalue weighted by molar-refractivity contribution is -0.132. The highest BCUT2D eigenvalue weighted by Crippen LogP contribution is 2.35. The highest BCUT2D eigenvalue weighted by molar-refractivity contribution is 6.30. The second-order valence-corrected chi connectivity index (χ2v) is 6.97. The van der Waals surface area contributed by atoms with E-state index < -0.39 is 5.54 Å². The predicted molar refractivity (Wildman–Crippen MR) is 96.4 cm³/mol. The Morgan fingerprint density at radius 2 is 2.12 bits per heavy atom. The maximum atomic E-state index is 11.3. The molecule has 1 aliphatic rings. The molecule has 0 radical (unpaired) electrons. The van der Waals surface area contributed by atoms with E-state index in [2.05, 4.69) is 25.3 Å². The summed E-state index contributed by atoms with van der Waals surface area (Å²) in [4.78, 5) is 24.6. The number of halogens is 1. The van der Waals surface area contributed by atoms with Gasteiger partial charge in [-0.15, -0.1) is 0 Å². The number of likely N-dealkylation sites (tertiary alicyclic amines) is 1. The van der Waals surface area contributed by atoms with E-state index in [0.717, 1.165) is 16.3 Å². The summed E-state index contributed by atoms with van der Waals surface area (Å²) in [7, 11) is 0. The van der Waals surface area contributed by atoms with Gasteiger partial charge in [0.2, 0.25) is 5.91 Å². The molecular weight excluding hydrogens is 342 g/mol. The zero-order valence-electron chi connectivity index (χ0n) is 14.2. The zero-order valence-corrected chi connectivity index (χ0v) is 14.9. The molecule has 3 heterocycles. The lowest BCUT2D eigenvalue weighted by Gasteiger charge is -2.39. The molecule has 1 N–H and O–H groups in total. The van der Waals surface area contributed by atoms with Gasteiger partial charge in [0.1, 0.15) is 11.0 Å². The van der Waals surface area contributed by atoms with Gasteiger partial charge in [0.25, 0.3) is 0 Å². The molecule has 2 aromatic heterocycles. The highest BCUT2D eigenvalue weighted by Gasteiger charge is 2.30. The fourth-order valence-corrected chi connectivity index (χ4v) is 3.06. The molecule has 1 saturated heterocycles. The van der Waals surface area contributed by atoms with E-state index in [4.69, 9.17) is 17.1 Å². The molecule has 8 nitrogen and oxygen atoms in total. The van der Waals surface area contributed by atoms with Crippen molar-refractivity contribution in [3.05, 3.63) is 39.6 Å². The van der Waals surface area contributed by atoms with Gasteiger partial charge in [-0.1, -0.05) is 30.6 Å². The quantitative estimate of drug-likeness (QED) is 0.390. The number of azide groups is 1. The van der Waals surface area contributed by atoms with E-state index in [9.17, 15) is 4.79 Å². The Labute approximate surface area is 149 Å². The van der Waals surface area contributed by atoms with Crippen LogP contribution in [0.4, 0.5) is 5.82 Å². The monoisotopic (exact) mass is 359 g/mol. The first kappa shape index (κ1) is 17.3. The molecule has 0 aromatic carbocycles. The third-order valence-corrected chi connectivity index (χ3v) is 4.57. The van der Waals surface area contributed by atoms with Crippen molar-refractivity contribution in [2.45, 2.75) is 32.4 Å². The Bertz CT molecular complexity index is 885. The minimum absolute atomic E-state index is 0.0655. The number of carbonyl (C=O) groups is 1. The average molecular weight is 360 g/mol. The van der Waals surface area contributed by atoms with Gasteiger partial charge in [0.15, 0.2) is 0 Å². The number of aromatic nitrogens is 2. The van der Waals surface area contributed by atoms with Crippen molar-refractivity contribution >= 4 is 34.1 Å². The van der Waals surface area contributed by atoms with Crippen molar-refractivity contribution < 1.29 is 4.79 Å². The summed E-state index contributed by atoms with van der Waals surface area (Å²) in [5, 5.41) is 9.19. The summed E-state index contributed by atoms with van der Waals surface area (Å²) in [6.07, 6.45) is 3.35. The second-order valence-electron chi connectivity index (χ2n) is 6.59. The number of nitrogens with one attached hydrogen (secondary N) is 1. The van der Waals surface area contributed by atoms with Crippen LogP contribution in [0.2, 0.25) is 5.15 Å². The molecule has 1 aliphatic heterocycles. The Balaban J connectivity index is 1.99. The molecule has 2 aromatic rings. The van der Waals surface area contributed by atoms with Gasteiger partial charge >= 0.3 is 0 Å². The first-order valence-electron chi connectivity index (χ1n) is 7.85. The fourth-order valence-electron chi connectivity index (χ4n) is 2.90. The van der Waals surface area contributed by atoms with Crippen molar-refractivity contribution in [3.63, 3.8) is 0 Å². The van der Waals surface area contributed by atoms with Gasteiger partial charge in [-0.2, -0.15) is 0 Å². The van der Waals surface area contributed by atoms with E-state index in [1.807, 2.05) is 13.8 Å². The van der Waals surface area contributed by atoms with Gasteiger partial charge < -0.3 is 10.2 Å². The number of amides is 1. The average Bonchev–Trinajstić information content (AvgIpc) is 2.49. The van der Waals surface area contributed by atoms with Crippen molar-refractivity contribution in [2.75, 3.05) is 18.4 Å². The normalized spacial score (nSPS) is 14.8. The third kappa shape index (κ3) is 3.31. The molecule has 9 heteroatoms. The topological polar surface area (TPSA) is 107 Å². The van der Waals surface area contributed by atoms with Gasteiger partial charge in [0, 0.05) is 42.7 Å². The molecule has 0 bridgehead atoms. The van der Waals surface area contributed by atoms with Gasteiger partial charge in [0.05, 0.1) is 11.6 Å². The molecule has 0 atom stereocenters. The van der Waals surface area contributed by atoms with Crippen LogP contribution < -0.4 is 5.32 Å². The Hall–Kier alpha value is -2.57. The summed E-state index contributed by atoms with van der Waals surface area (Å²) in [6, 6.07) is 1.89. The van der Waals surface area contributed by atoms with Crippen LogP contribution in [-0.2, 0) is 10.3 Å².